The van der Waals surface area contributed by atoms with Crippen LogP contribution in [0.2, 0.25) is 0 Å². The van der Waals surface area contributed by atoms with Crippen LogP contribution >= 0.6 is 0 Å². The molecule has 8 aromatic rings. The van der Waals surface area contributed by atoms with Gasteiger partial charge >= 0.3 is 0 Å². The van der Waals surface area contributed by atoms with E-state index in [1.54, 1.807) is 0 Å². The number of nitrogens with one attached hydrogen (secondary N) is 1. The Hall–Kier alpha value is -5.74. The first kappa shape index (κ1) is 31.6. The molecule has 3 aliphatic heterocycles. The second kappa shape index (κ2) is 10.7. The Morgan fingerprint density at radius 2 is 1.35 bits per heavy atom. The van der Waals surface area contributed by atoms with Gasteiger partial charge in [-0.3, -0.25) is 0 Å². The SMILES string of the molecule is CC1(C)c2cccc3c2-n2c4c(c(-c5ccccc5Nc5ccccc5)cc(N5c6ccccc6C6(C)CCCCC56C)c4c4c5ccccc5cc1c42)[B]3. The average molecular weight is 709 g/mol. The minimum atomic E-state index is -0.174. The molecule has 1 aromatic heterocycles. The fraction of sp³-hybridized carbons (Fsp3) is 0.216. The van der Waals surface area contributed by atoms with E-state index in [2.05, 4.69) is 183 Å². The number of para-hydroxylation sites is 4. The molecular weight excluding hydrogens is 665 g/mol. The lowest BCUT2D eigenvalue weighted by atomic mass is 9.57. The molecule has 2 atom stereocenters. The second-order valence-electron chi connectivity index (χ2n) is 17.5. The molecule has 1 aliphatic carbocycles. The molecule has 0 amide bonds. The highest BCUT2D eigenvalue weighted by Gasteiger charge is 2.58. The summed E-state index contributed by atoms with van der Waals surface area (Å²) in [6.07, 6.45) is 4.85. The van der Waals surface area contributed by atoms with E-state index in [0.717, 1.165) is 17.8 Å². The molecule has 4 heterocycles. The topological polar surface area (TPSA) is 20.2 Å². The van der Waals surface area contributed by atoms with E-state index in [4.69, 9.17) is 0 Å². The van der Waals surface area contributed by atoms with Gasteiger partial charge in [-0.15, -0.1) is 0 Å². The summed E-state index contributed by atoms with van der Waals surface area (Å²) in [4.78, 5) is 2.83. The monoisotopic (exact) mass is 708 g/mol. The standard InChI is InChI=1S/C51H43BN3/c1-49(2)37-23-16-24-39-46(37)54-47-38(49)29-31-17-8-9-20-33(31)43(47)44-42(55-41-26-13-11-22-36(41)50(3)27-14-15-28-51(50,55)4)30-35(45(52-39)48(44)54)34-21-10-12-25-40(34)53-32-18-6-5-7-19-32/h5-13,16-26,29-30,53H,14-15,27-28H2,1-4H3. The molecule has 4 aliphatic rings. The van der Waals surface area contributed by atoms with Gasteiger partial charge < -0.3 is 14.8 Å². The lowest BCUT2D eigenvalue weighted by molar-refractivity contribution is 0.195. The van der Waals surface area contributed by atoms with Gasteiger partial charge in [-0.25, -0.2) is 0 Å². The summed E-state index contributed by atoms with van der Waals surface area (Å²) >= 11 is 0. The number of hydrogen-bond acceptors (Lipinski definition) is 2. The van der Waals surface area contributed by atoms with Crippen LogP contribution in [0.5, 0.6) is 0 Å². The van der Waals surface area contributed by atoms with Gasteiger partial charge in [0.2, 0.25) is 0 Å². The molecular formula is C51H43BN3. The van der Waals surface area contributed by atoms with Crippen molar-refractivity contribution >= 4 is 73.5 Å². The first-order valence-corrected chi connectivity index (χ1v) is 20.2. The Morgan fingerprint density at radius 1 is 0.600 bits per heavy atom. The quantitative estimate of drug-likeness (QED) is 0.184. The Labute approximate surface area is 323 Å². The average Bonchev–Trinajstić information content (AvgIpc) is 3.67. The predicted octanol–water partition coefficient (Wildman–Crippen LogP) is 11.7. The van der Waals surface area contributed by atoms with Crippen molar-refractivity contribution in [2.24, 2.45) is 0 Å². The zero-order valence-corrected chi connectivity index (χ0v) is 32.0. The summed E-state index contributed by atoms with van der Waals surface area (Å²) in [6, 6.07) is 50.1. The van der Waals surface area contributed by atoms with Crippen molar-refractivity contribution in [3.8, 4) is 16.8 Å². The van der Waals surface area contributed by atoms with Crippen molar-refractivity contribution < 1.29 is 0 Å². The lowest BCUT2D eigenvalue weighted by Gasteiger charge is -2.50. The number of anilines is 4. The molecule has 2 unspecified atom stereocenters. The molecule has 12 rings (SSSR count). The Balaban J connectivity index is 1.30. The summed E-state index contributed by atoms with van der Waals surface area (Å²) in [6.45, 7) is 10.0. The number of fused-ring (bicyclic) bond motifs is 6. The summed E-state index contributed by atoms with van der Waals surface area (Å²) in [7, 11) is 2.51. The Morgan fingerprint density at radius 3 is 2.24 bits per heavy atom. The molecule has 265 valence electrons. The summed E-state index contributed by atoms with van der Waals surface area (Å²) < 4.78 is 2.70. The normalized spacial score (nSPS) is 21.2. The highest BCUT2D eigenvalue weighted by molar-refractivity contribution is 6.74. The van der Waals surface area contributed by atoms with Crippen molar-refractivity contribution in [3.63, 3.8) is 0 Å². The van der Waals surface area contributed by atoms with Gasteiger partial charge in [0.1, 0.15) is 0 Å². The number of benzene rings is 7. The van der Waals surface area contributed by atoms with E-state index < -0.39 is 0 Å². The fourth-order valence-corrected chi connectivity index (χ4v) is 11.6. The van der Waals surface area contributed by atoms with E-state index >= 15 is 0 Å². The number of nitrogens with zero attached hydrogens (tertiary/aromatic N) is 2. The molecule has 1 radical (unpaired) electrons. The smallest absolute Gasteiger partial charge is 0.197 e. The van der Waals surface area contributed by atoms with E-state index in [1.807, 2.05) is 0 Å². The van der Waals surface area contributed by atoms with E-state index in [-0.39, 0.29) is 16.4 Å². The summed E-state index contributed by atoms with van der Waals surface area (Å²) in [5, 5.41) is 9.23. The predicted molar refractivity (Wildman–Crippen MR) is 233 cm³/mol. The van der Waals surface area contributed by atoms with Crippen LogP contribution in [0.3, 0.4) is 0 Å². The third kappa shape index (κ3) is 3.88. The van der Waals surface area contributed by atoms with Gasteiger partial charge in [-0.2, -0.15) is 0 Å². The van der Waals surface area contributed by atoms with Gasteiger partial charge in [-0.05, 0) is 94.7 Å². The lowest BCUT2D eigenvalue weighted by Crippen LogP contribution is -2.54. The van der Waals surface area contributed by atoms with Crippen molar-refractivity contribution in [3.05, 3.63) is 150 Å². The van der Waals surface area contributed by atoms with Gasteiger partial charge in [0.25, 0.3) is 0 Å². The van der Waals surface area contributed by atoms with E-state index in [0.29, 0.717) is 0 Å². The highest BCUT2D eigenvalue weighted by Crippen LogP contribution is 2.63. The largest absolute Gasteiger partial charge is 0.355 e. The zero-order chi connectivity index (χ0) is 36.8. The molecule has 1 N–H and O–H groups in total. The maximum absolute atomic E-state index is 3.83. The number of hydrogen-bond donors (Lipinski definition) is 1. The maximum atomic E-state index is 3.83. The Kier molecular flexibility index (Phi) is 6.16. The molecule has 55 heavy (non-hydrogen) atoms. The first-order valence-electron chi connectivity index (χ1n) is 20.2. The zero-order valence-electron chi connectivity index (χ0n) is 32.0. The minimum Gasteiger partial charge on any atom is -0.355 e. The molecule has 7 aromatic carbocycles. The summed E-state index contributed by atoms with van der Waals surface area (Å²) in [5.74, 6) is 0. The van der Waals surface area contributed by atoms with Crippen LogP contribution in [0.15, 0.2) is 133 Å². The molecule has 4 heteroatoms. The van der Waals surface area contributed by atoms with Gasteiger partial charge in [0.15, 0.2) is 7.28 Å². The molecule has 3 nitrogen and oxygen atoms in total. The third-order valence-electron chi connectivity index (χ3n) is 14.5. The molecule has 0 spiro atoms. The highest BCUT2D eigenvalue weighted by atomic mass is 15.3. The first-order chi connectivity index (χ1) is 26.8. The number of rotatable bonds is 4. The van der Waals surface area contributed by atoms with Crippen LogP contribution in [-0.4, -0.2) is 17.4 Å². The van der Waals surface area contributed by atoms with Crippen LogP contribution < -0.4 is 21.1 Å². The maximum Gasteiger partial charge on any atom is 0.197 e. The summed E-state index contributed by atoms with van der Waals surface area (Å²) in [5.41, 5.74) is 18.0. The van der Waals surface area contributed by atoms with E-state index in [9.17, 15) is 0 Å². The van der Waals surface area contributed by atoms with Crippen LogP contribution in [0.4, 0.5) is 22.7 Å². The molecule has 1 saturated carbocycles. The van der Waals surface area contributed by atoms with Gasteiger partial charge in [0, 0.05) is 49.9 Å². The minimum absolute atomic E-state index is 0.0320. The third-order valence-corrected chi connectivity index (χ3v) is 14.5. The van der Waals surface area contributed by atoms with Crippen molar-refractivity contribution in [1.82, 2.24) is 4.57 Å². The Bertz CT molecular complexity index is 2960. The molecule has 0 saturated heterocycles. The van der Waals surface area contributed by atoms with Gasteiger partial charge in [0.05, 0.1) is 22.3 Å². The fourth-order valence-electron chi connectivity index (χ4n) is 11.6. The van der Waals surface area contributed by atoms with Crippen LogP contribution in [-0.2, 0) is 10.8 Å². The van der Waals surface area contributed by atoms with Crippen molar-refractivity contribution in [1.29, 1.82) is 0 Å². The van der Waals surface area contributed by atoms with E-state index in [1.165, 1.54) is 108 Å². The van der Waals surface area contributed by atoms with Crippen molar-refractivity contribution in [2.75, 3.05) is 10.2 Å². The number of aromatic nitrogens is 1. The second-order valence-corrected chi connectivity index (χ2v) is 17.5. The van der Waals surface area contributed by atoms with Gasteiger partial charge in [-0.1, -0.05) is 136 Å². The van der Waals surface area contributed by atoms with Crippen LogP contribution in [0, 0.1) is 0 Å². The molecule has 0 bridgehead atoms. The van der Waals surface area contributed by atoms with Crippen LogP contribution in [0.25, 0.3) is 49.4 Å². The van der Waals surface area contributed by atoms with Crippen LogP contribution in [0.1, 0.15) is 70.1 Å². The molecule has 1 fully saturated rings. The van der Waals surface area contributed by atoms with Crippen molar-refractivity contribution in [2.45, 2.75) is 69.7 Å².